The lowest BCUT2D eigenvalue weighted by atomic mass is 10.1. The van der Waals surface area contributed by atoms with Crippen LogP contribution in [0.4, 0.5) is 0 Å². The maximum Gasteiger partial charge on any atom is 0.263 e. The fraction of sp³-hybridized carbons (Fsp3) is 0.316. The highest BCUT2D eigenvalue weighted by Gasteiger charge is 2.13. The number of para-hydroxylation sites is 1. The number of hydrogen-bond acceptors (Lipinski definition) is 4. The highest BCUT2D eigenvalue weighted by Crippen LogP contribution is 2.17. The van der Waals surface area contributed by atoms with Gasteiger partial charge in [0.25, 0.3) is 5.91 Å². The Labute approximate surface area is 151 Å². The van der Waals surface area contributed by atoms with Gasteiger partial charge in [-0.25, -0.2) is 9.67 Å². The van der Waals surface area contributed by atoms with Crippen LogP contribution in [0.15, 0.2) is 36.5 Å². The summed E-state index contributed by atoms with van der Waals surface area (Å²) in [7, 11) is 0. The molecule has 6 heteroatoms. The van der Waals surface area contributed by atoms with Crippen LogP contribution in [0.1, 0.15) is 38.1 Å². The Balaban J connectivity index is 1.53. The molecule has 2 heterocycles. The first kappa shape index (κ1) is 17.4. The molecular formula is C19H22N4OS. The van der Waals surface area contributed by atoms with Crippen LogP contribution in [-0.4, -0.2) is 27.2 Å². The van der Waals surface area contributed by atoms with E-state index in [1.165, 1.54) is 16.9 Å². The average molecular weight is 354 g/mol. The van der Waals surface area contributed by atoms with Gasteiger partial charge in [-0.2, -0.15) is 5.10 Å². The van der Waals surface area contributed by atoms with Crippen LogP contribution in [-0.2, 0) is 6.42 Å². The smallest absolute Gasteiger partial charge is 0.263 e. The van der Waals surface area contributed by atoms with Gasteiger partial charge in [-0.1, -0.05) is 18.2 Å². The molecule has 3 rings (SSSR count). The molecule has 1 aromatic carbocycles. The number of aryl methyl sites for hydroxylation is 4. The highest BCUT2D eigenvalue weighted by atomic mass is 32.1. The van der Waals surface area contributed by atoms with Crippen molar-refractivity contribution < 1.29 is 4.79 Å². The molecule has 0 aliphatic rings. The predicted octanol–water partition coefficient (Wildman–Crippen LogP) is 3.62. The second-order valence-electron chi connectivity index (χ2n) is 6.03. The molecule has 5 nitrogen and oxygen atoms in total. The molecule has 1 amide bonds. The van der Waals surface area contributed by atoms with E-state index in [9.17, 15) is 4.79 Å². The lowest BCUT2D eigenvalue weighted by molar-refractivity contribution is 0.0956. The molecule has 0 aliphatic carbocycles. The molecule has 0 saturated carbocycles. The number of nitrogens with one attached hydrogen (secondary N) is 1. The summed E-state index contributed by atoms with van der Waals surface area (Å²) < 4.78 is 1.91. The number of benzene rings is 1. The Morgan fingerprint density at radius 1 is 1.16 bits per heavy atom. The topological polar surface area (TPSA) is 59.8 Å². The van der Waals surface area contributed by atoms with Gasteiger partial charge in [0.15, 0.2) is 0 Å². The van der Waals surface area contributed by atoms with E-state index in [0.717, 1.165) is 34.9 Å². The van der Waals surface area contributed by atoms with Crippen molar-refractivity contribution >= 4 is 17.2 Å². The molecule has 0 atom stereocenters. The lowest BCUT2D eigenvalue weighted by Crippen LogP contribution is -2.24. The van der Waals surface area contributed by atoms with E-state index in [1.807, 2.05) is 55.8 Å². The van der Waals surface area contributed by atoms with E-state index in [2.05, 4.69) is 21.6 Å². The maximum atomic E-state index is 12.2. The fourth-order valence-electron chi connectivity index (χ4n) is 2.76. The van der Waals surface area contributed by atoms with Gasteiger partial charge in [0.2, 0.25) is 0 Å². The normalized spacial score (nSPS) is 10.8. The Bertz CT molecular complexity index is 867. The summed E-state index contributed by atoms with van der Waals surface area (Å²) in [5, 5.41) is 8.49. The van der Waals surface area contributed by atoms with E-state index in [-0.39, 0.29) is 5.91 Å². The van der Waals surface area contributed by atoms with Crippen LogP contribution in [0.5, 0.6) is 0 Å². The summed E-state index contributed by atoms with van der Waals surface area (Å²) >= 11 is 1.44. The molecule has 0 radical (unpaired) electrons. The fourth-order valence-corrected chi connectivity index (χ4v) is 3.59. The van der Waals surface area contributed by atoms with Crippen LogP contribution in [0.2, 0.25) is 0 Å². The summed E-state index contributed by atoms with van der Waals surface area (Å²) in [6, 6.07) is 10.1. The number of rotatable bonds is 6. The van der Waals surface area contributed by atoms with E-state index >= 15 is 0 Å². The first-order valence-corrected chi connectivity index (χ1v) is 9.19. The SMILES string of the molecule is Cc1nc(C)c(C(=O)NCCCc2cn(-c3ccccc3)nc2C)s1. The number of nitrogens with zero attached hydrogens (tertiary/aromatic N) is 3. The summed E-state index contributed by atoms with van der Waals surface area (Å²) in [4.78, 5) is 17.2. The van der Waals surface area contributed by atoms with Crippen molar-refractivity contribution in [1.82, 2.24) is 20.1 Å². The van der Waals surface area contributed by atoms with Crippen molar-refractivity contribution in [3.8, 4) is 5.69 Å². The van der Waals surface area contributed by atoms with Gasteiger partial charge in [-0.15, -0.1) is 11.3 Å². The van der Waals surface area contributed by atoms with Crippen LogP contribution < -0.4 is 5.32 Å². The molecule has 130 valence electrons. The van der Waals surface area contributed by atoms with Gasteiger partial charge >= 0.3 is 0 Å². The highest BCUT2D eigenvalue weighted by molar-refractivity contribution is 7.13. The van der Waals surface area contributed by atoms with Crippen molar-refractivity contribution in [2.45, 2.75) is 33.6 Å². The molecule has 0 saturated heterocycles. The minimum absolute atomic E-state index is 0.0280. The number of amides is 1. The van der Waals surface area contributed by atoms with Gasteiger partial charge in [-0.3, -0.25) is 4.79 Å². The molecule has 3 aromatic rings. The van der Waals surface area contributed by atoms with Crippen LogP contribution >= 0.6 is 11.3 Å². The Morgan fingerprint density at radius 3 is 2.60 bits per heavy atom. The molecule has 0 aliphatic heterocycles. The predicted molar refractivity (Wildman–Crippen MR) is 101 cm³/mol. The summed E-state index contributed by atoms with van der Waals surface area (Å²) in [5.41, 5.74) is 4.10. The van der Waals surface area contributed by atoms with Crippen molar-refractivity contribution in [3.05, 3.63) is 63.4 Å². The summed E-state index contributed by atoms with van der Waals surface area (Å²) in [5.74, 6) is -0.0280. The zero-order chi connectivity index (χ0) is 17.8. The number of hydrogen-bond donors (Lipinski definition) is 1. The van der Waals surface area contributed by atoms with Gasteiger partial charge in [-0.05, 0) is 51.3 Å². The van der Waals surface area contributed by atoms with Crippen molar-refractivity contribution in [3.63, 3.8) is 0 Å². The average Bonchev–Trinajstić information content (AvgIpc) is 3.14. The van der Waals surface area contributed by atoms with Gasteiger partial charge in [0, 0.05) is 12.7 Å². The third-order valence-electron chi connectivity index (χ3n) is 4.04. The standard InChI is InChI=1S/C19H22N4OS/c1-13-16(12-23(22-13)17-9-5-4-6-10-17)8-7-11-20-19(24)18-14(2)21-15(3)25-18/h4-6,9-10,12H,7-8,11H2,1-3H3,(H,20,24). The summed E-state index contributed by atoms with van der Waals surface area (Å²) in [6.45, 7) is 6.46. The monoisotopic (exact) mass is 354 g/mol. The Hall–Kier alpha value is -2.47. The zero-order valence-corrected chi connectivity index (χ0v) is 15.6. The third kappa shape index (κ3) is 4.14. The lowest BCUT2D eigenvalue weighted by Gasteiger charge is -2.03. The Morgan fingerprint density at radius 2 is 1.92 bits per heavy atom. The first-order valence-electron chi connectivity index (χ1n) is 8.37. The largest absolute Gasteiger partial charge is 0.351 e. The second kappa shape index (κ2) is 7.61. The van der Waals surface area contributed by atoms with Gasteiger partial charge in [0.1, 0.15) is 4.88 Å². The van der Waals surface area contributed by atoms with Crippen LogP contribution in [0.25, 0.3) is 5.69 Å². The van der Waals surface area contributed by atoms with Crippen molar-refractivity contribution in [2.75, 3.05) is 6.54 Å². The van der Waals surface area contributed by atoms with E-state index < -0.39 is 0 Å². The van der Waals surface area contributed by atoms with E-state index in [1.54, 1.807) is 0 Å². The third-order valence-corrected chi connectivity index (χ3v) is 5.11. The molecule has 0 fully saturated rings. The van der Waals surface area contributed by atoms with Crippen LogP contribution in [0, 0.1) is 20.8 Å². The van der Waals surface area contributed by atoms with E-state index in [4.69, 9.17) is 0 Å². The molecule has 0 unspecified atom stereocenters. The van der Waals surface area contributed by atoms with Gasteiger partial charge in [0.05, 0.1) is 22.1 Å². The second-order valence-corrected chi connectivity index (χ2v) is 7.23. The molecule has 0 spiro atoms. The number of thiazole rings is 1. The quantitative estimate of drug-likeness (QED) is 0.688. The summed E-state index contributed by atoms with van der Waals surface area (Å²) in [6.07, 6.45) is 3.84. The number of carbonyl (C=O) groups is 1. The molecule has 25 heavy (non-hydrogen) atoms. The first-order chi connectivity index (χ1) is 12.0. The maximum absolute atomic E-state index is 12.2. The van der Waals surface area contributed by atoms with Crippen molar-refractivity contribution in [1.29, 1.82) is 0 Å². The molecule has 2 aromatic heterocycles. The molecule has 0 bridgehead atoms. The van der Waals surface area contributed by atoms with Crippen molar-refractivity contribution in [2.24, 2.45) is 0 Å². The minimum Gasteiger partial charge on any atom is -0.351 e. The zero-order valence-electron chi connectivity index (χ0n) is 14.7. The van der Waals surface area contributed by atoms with Crippen LogP contribution in [0.3, 0.4) is 0 Å². The number of carbonyl (C=O) groups excluding carboxylic acids is 1. The van der Waals surface area contributed by atoms with E-state index in [0.29, 0.717) is 11.4 Å². The number of aromatic nitrogens is 3. The molecule has 1 N–H and O–H groups in total. The molecular weight excluding hydrogens is 332 g/mol. The Kier molecular flexibility index (Phi) is 5.28. The minimum atomic E-state index is -0.0280. The van der Waals surface area contributed by atoms with Gasteiger partial charge < -0.3 is 5.32 Å².